The van der Waals surface area contributed by atoms with Crippen LogP contribution in [0, 0.1) is 0 Å². The summed E-state index contributed by atoms with van der Waals surface area (Å²) in [5, 5.41) is 3.99. The number of anilines is 1. The predicted molar refractivity (Wildman–Crippen MR) is 79.2 cm³/mol. The van der Waals surface area contributed by atoms with Crippen LogP contribution in [-0.2, 0) is 9.84 Å². The van der Waals surface area contributed by atoms with Crippen molar-refractivity contribution < 1.29 is 12.9 Å². The molecule has 2 aliphatic rings. The van der Waals surface area contributed by atoms with Gasteiger partial charge in [-0.2, -0.15) is 4.98 Å². The molecule has 0 radical (unpaired) electrons. The van der Waals surface area contributed by atoms with Gasteiger partial charge in [-0.1, -0.05) is 19.0 Å². The first kappa shape index (κ1) is 14.8. The highest BCUT2D eigenvalue weighted by atomic mass is 32.2. The van der Waals surface area contributed by atoms with E-state index in [9.17, 15) is 8.42 Å². The molecule has 0 bridgehead atoms. The van der Waals surface area contributed by atoms with Crippen LogP contribution in [0.15, 0.2) is 4.52 Å². The number of aromatic nitrogens is 2. The van der Waals surface area contributed by atoms with E-state index >= 15 is 0 Å². The minimum atomic E-state index is -2.81. The average molecular weight is 314 g/mol. The summed E-state index contributed by atoms with van der Waals surface area (Å²) in [5.41, 5.74) is 0. The van der Waals surface area contributed by atoms with Gasteiger partial charge in [-0.05, 0) is 6.42 Å². The van der Waals surface area contributed by atoms with Crippen LogP contribution in [0.5, 0.6) is 0 Å². The molecule has 0 aliphatic carbocycles. The lowest BCUT2D eigenvalue weighted by Crippen LogP contribution is -2.50. The Morgan fingerprint density at radius 1 is 1.24 bits per heavy atom. The van der Waals surface area contributed by atoms with Gasteiger partial charge in [0.1, 0.15) is 0 Å². The van der Waals surface area contributed by atoms with Crippen LogP contribution in [0.4, 0.5) is 6.01 Å². The molecular weight excluding hydrogens is 292 g/mol. The number of sulfone groups is 1. The predicted octanol–water partition coefficient (Wildman–Crippen LogP) is 0.502. The van der Waals surface area contributed by atoms with Gasteiger partial charge in [0.2, 0.25) is 0 Å². The molecule has 8 heteroatoms. The molecule has 3 heterocycles. The Labute approximate surface area is 125 Å². The van der Waals surface area contributed by atoms with Crippen molar-refractivity contribution in [1.82, 2.24) is 15.0 Å². The van der Waals surface area contributed by atoms with Crippen LogP contribution >= 0.6 is 0 Å². The number of hydrogen-bond acceptors (Lipinski definition) is 7. The first-order valence-corrected chi connectivity index (χ1v) is 9.30. The zero-order chi connectivity index (χ0) is 15.0. The van der Waals surface area contributed by atoms with Crippen molar-refractivity contribution in [3.63, 3.8) is 0 Å². The molecule has 0 amide bonds. The molecule has 1 aromatic heterocycles. The van der Waals surface area contributed by atoms with Crippen molar-refractivity contribution >= 4 is 15.9 Å². The van der Waals surface area contributed by atoms with Gasteiger partial charge in [-0.25, -0.2) is 8.42 Å². The standard InChI is InChI=1S/C13H22N4O3S/c1-10(2)12-14-13(20-15-12)17-6-4-16(5-7-17)11-3-8-21(18,19)9-11/h10-11H,3-9H2,1-2H3. The third-order valence-electron chi connectivity index (χ3n) is 4.26. The number of nitrogens with zero attached hydrogens (tertiary/aromatic N) is 4. The molecule has 2 aliphatic heterocycles. The van der Waals surface area contributed by atoms with E-state index < -0.39 is 9.84 Å². The Morgan fingerprint density at radius 2 is 1.95 bits per heavy atom. The Bertz CT molecular complexity index is 590. The normalized spacial score (nSPS) is 26.6. The summed E-state index contributed by atoms with van der Waals surface area (Å²) in [4.78, 5) is 8.77. The Balaban J connectivity index is 1.57. The van der Waals surface area contributed by atoms with Crippen LogP contribution in [-0.4, -0.2) is 67.2 Å². The highest BCUT2D eigenvalue weighted by Crippen LogP contribution is 2.22. The molecule has 0 N–H and O–H groups in total. The lowest BCUT2D eigenvalue weighted by Gasteiger charge is -2.36. The van der Waals surface area contributed by atoms with Gasteiger partial charge < -0.3 is 9.42 Å². The first-order chi connectivity index (χ1) is 9.94. The molecular formula is C13H22N4O3S. The minimum Gasteiger partial charge on any atom is -0.322 e. The molecule has 0 aromatic carbocycles. The van der Waals surface area contributed by atoms with E-state index in [0.29, 0.717) is 17.5 Å². The van der Waals surface area contributed by atoms with E-state index in [-0.39, 0.29) is 12.0 Å². The molecule has 2 fully saturated rings. The van der Waals surface area contributed by atoms with Gasteiger partial charge in [0.15, 0.2) is 15.7 Å². The Morgan fingerprint density at radius 3 is 2.48 bits per heavy atom. The van der Waals surface area contributed by atoms with Crippen molar-refractivity contribution in [2.75, 3.05) is 42.6 Å². The molecule has 3 rings (SSSR count). The summed E-state index contributed by atoms with van der Waals surface area (Å²) < 4.78 is 28.4. The molecule has 0 spiro atoms. The quantitative estimate of drug-likeness (QED) is 0.804. The summed E-state index contributed by atoms with van der Waals surface area (Å²) in [6.45, 7) is 7.37. The van der Waals surface area contributed by atoms with Crippen LogP contribution in [0.25, 0.3) is 0 Å². The van der Waals surface area contributed by atoms with Gasteiger partial charge in [-0.3, -0.25) is 4.90 Å². The number of hydrogen-bond donors (Lipinski definition) is 0. The Hall–Kier alpha value is -1.15. The molecule has 1 aromatic rings. The highest BCUT2D eigenvalue weighted by molar-refractivity contribution is 7.91. The number of piperazine rings is 1. The van der Waals surface area contributed by atoms with Gasteiger partial charge in [-0.15, -0.1) is 0 Å². The lowest BCUT2D eigenvalue weighted by molar-refractivity contribution is 0.196. The average Bonchev–Trinajstić information content (AvgIpc) is 3.05. The molecule has 7 nitrogen and oxygen atoms in total. The lowest BCUT2D eigenvalue weighted by atomic mass is 10.2. The summed E-state index contributed by atoms with van der Waals surface area (Å²) in [6, 6.07) is 0.767. The summed E-state index contributed by atoms with van der Waals surface area (Å²) in [5.74, 6) is 1.63. The van der Waals surface area contributed by atoms with Gasteiger partial charge in [0.05, 0.1) is 11.5 Å². The smallest absolute Gasteiger partial charge is 0.322 e. The highest BCUT2D eigenvalue weighted by Gasteiger charge is 2.34. The van der Waals surface area contributed by atoms with Crippen molar-refractivity contribution in [3.05, 3.63) is 5.82 Å². The maximum absolute atomic E-state index is 11.6. The second kappa shape index (κ2) is 5.57. The third kappa shape index (κ3) is 3.21. The summed E-state index contributed by atoms with van der Waals surface area (Å²) in [7, 11) is -2.81. The second-order valence-corrected chi connectivity index (χ2v) is 8.40. The van der Waals surface area contributed by atoms with Gasteiger partial charge in [0.25, 0.3) is 0 Å². The zero-order valence-electron chi connectivity index (χ0n) is 12.5. The van der Waals surface area contributed by atoms with E-state index in [1.165, 1.54) is 0 Å². The fourth-order valence-electron chi connectivity index (χ4n) is 2.93. The van der Waals surface area contributed by atoms with Crippen molar-refractivity contribution in [3.8, 4) is 0 Å². The van der Waals surface area contributed by atoms with E-state index in [2.05, 4.69) is 19.9 Å². The monoisotopic (exact) mass is 314 g/mol. The molecule has 0 saturated carbocycles. The maximum atomic E-state index is 11.6. The van der Waals surface area contributed by atoms with Crippen molar-refractivity contribution in [1.29, 1.82) is 0 Å². The molecule has 118 valence electrons. The molecule has 1 unspecified atom stereocenters. The van der Waals surface area contributed by atoms with Crippen molar-refractivity contribution in [2.45, 2.75) is 32.2 Å². The number of rotatable bonds is 3. The van der Waals surface area contributed by atoms with Crippen molar-refractivity contribution in [2.24, 2.45) is 0 Å². The summed E-state index contributed by atoms with van der Waals surface area (Å²) in [6.07, 6.45) is 0.764. The SMILES string of the molecule is CC(C)c1noc(N2CCN(C3CCS(=O)(=O)C3)CC2)n1. The third-order valence-corrected chi connectivity index (χ3v) is 6.01. The van der Waals surface area contributed by atoms with E-state index in [1.807, 2.05) is 13.8 Å². The fraction of sp³-hybridized carbons (Fsp3) is 0.846. The van der Waals surface area contributed by atoms with Crippen LogP contribution in [0.2, 0.25) is 0 Å². The second-order valence-electron chi connectivity index (χ2n) is 6.17. The Kier molecular flexibility index (Phi) is 3.92. The van der Waals surface area contributed by atoms with Crippen LogP contribution in [0.1, 0.15) is 32.0 Å². The molecule has 1 atom stereocenters. The van der Waals surface area contributed by atoms with Crippen LogP contribution in [0.3, 0.4) is 0 Å². The molecule has 2 saturated heterocycles. The maximum Gasteiger partial charge on any atom is 0.324 e. The largest absolute Gasteiger partial charge is 0.324 e. The fourth-order valence-corrected chi connectivity index (χ4v) is 4.69. The molecule has 21 heavy (non-hydrogen) atoms. The van der Waals surface area contributed by atoms with E-state index in [1.54, 1.807) is 0 Å². The zero-order valence-corrected chi connectivity index (χ0v) is 13.3. The van der Waals surface area contributed by atoms with E-state index in [4.69, 9.17) is 4.52 Å². The summed E-state index contributed by atoms with van der Waals surface area (Å²) >= 11 is 0. The topological polar surface area (TPSA) is 79.5 Å². The first-order valence-electron chi connectivity index (χ1n) is 7.47. The van der Waals surface area contributed by atoms with Gasteiger partial charge >= 0.3 is 6.01 Å². The minimum absolute atomic E-state index is 0.186. The van der Waals surface area contributed by atoms with E-state index in [0.717, 1.165) is 38.4 Å². The van der Waals surface area contributed by atoms with Crippen LogP contribution < -0.4 is 4.90 Å². The van der Waals surface area contributed by atoms with Gasteiger partial charge in [0, 0.05) is 38.1 Å².